The first-order valence-electron chi connectivity index (χ1n) is 8.78. The molecule has 0 aromatic heterocycles. The summed E-state index contributed by atoms with van der Waals surface area (Å²) in [6.07, 6.45) is 0.751. The number of carbonyl (C=O) groups is 3. The molecule has 0 saturated heterocycles. The number of halogens is 1. The van der Waals surface area contributed by atoms with Crippen LogP contribution in [0.2, 0.25) is 0 Å². The molecule has 0 unspecified atom stereocenters. The molecule has 1 fully saturated rings. The first kappa shape index (κ1) is 20.1. The van der Waals surface area contributed by atoms with Gasteiger partial charge in [0.05, 0.1) is 13.0 Å². The van der Waals surface area contributed by atoms with Crippen molar-refractivity contribution < 1.29 is 23.9 Å². The molecule has 2 aromatic rings. The van der Waals surface area contributed by atoms with Crippen LogP contribution in [0.25, 0.3) is 0 Å². The zero-order chi connectivity index (χ0) is 20.3. The van der Waals surface area contributed by atoms with Gasteiger partial charge in [-0.3, -0.25) is 14.4 Å². The molecule has 0 N–H and O–H groups in total. The Bertz CT molecular complexity index is 896. The molecular formula is C21H20BrNO5. The Labute approximate surface area is 171 Å². The van der Waals surface area contributed by atoms with Crippen molar-refractivity contribution >= 4 is 33.8 Å². The highest BCUT2D eigenvalue weighted by molar-refractivity contribution is 9.10. The Morgan fingerprint density at radius 1 is 1.14 bits per heavy atom. The number of nitrogens with zero attached hydrogens (tertiary/aromatic N) is 1. The predicted octanol–water partition coefficient (Wildman–Crippen LogP) is 3.40. The minimum atomic E-state index is -0.508. The Balaban J connectivity index is 1.61. The van der Waals surface area contributed by atoms with Crippen molar-refractivity contribution in [3.8, 4) is 5.75 Å². The fraction of sp³-hybridized carbons (Fsp3) is 0.286. The van der Waals surface area contributed by atoms with E-state index in [1.165, 1.54) is 25.1 Å². The van der Waals surface area contributed by atoms with Crippen LogP contribution < -0.4 is 4.74 Å². The second kappa shape index (κ2) is 8.56. The highest BCUT2D eigenvalue weighted by atomic mass is 79.9. The monoisotopic (exact) mass is 445 g/mol. The average molecular weight is 446 g/mol. The third kappa shape index (κ3) is 4.78. The maximum Gasteiger partial charge on any atom is 0.325 e. The standard InChI is InChI=1S/C21H20BrNO5/c1-23(12-19(24)27-2)20(25)14-4-3-5-16(10-14)28-21(26)18-11-17(18)13-6-8-15(22)9-7-13/h3-10,17-18H,11-12H2,1-2H3/t17-,18+/m0/s1. The smallest absolute Gasteiger partial charge is 0.325 e. The van der Waals surface area contributed by atoms with E-state index in [0.717, 1.165) is 16.5 Å². The van der Waals surface area contributed by atoms with Gasteiger partial charge in [0.1, 0.15) is 12.3 Å². The van der Waals surface area contributed by atoms with Gasteiger partial charge in [0.25, 0.3) is 5.91 Å². The number of likely N-dealkylation sites (N-methyl/N-ethyl adjacent to an activating group) is 1. The first-order chi connectivity index (χ1) is 13.4. The number of rotatable bonds is 6. The van der Waals surface area contributed by atoms with Crippen molar-refractivity contribution in [3.05, 3.63) is 64.1 Å². The normalized spacial score (nSPS) is 17.5. The Morgan fingerprint density at radius 3 is 2.54 bits per heavy atom. The Kier molecular flexibility index (Phi) is 6.14. The SMILES string of the molecule is COC(=O)CN(C)C(=O)c1cccc(OC(=O)[C@@H]2C[C@H]2c2ccc(Br)cc2)c1. The summed E-state index contributed by atoms with van der Waals surface area (Å²) in [4.78, 5) is 37.4. The van der Waals surface area contributed by atoms with Gasteiger partial charge in [0, 0.05) is 17.1 Å². The summed E-state index contributed by atoms with van der Waals surface area (Å²) in [5.41, 5.74) is 1.44. The van der Waals surface area contributed by atoms with Crippen LogP contribution in [-0.2, 0) is 14.3 Å². The highest BCUT2D eigenvalue weighted by Gasteiger charge is 2.45. The molecule has 0 aliphatic heterocycles. The fourth-order valence-electron chi connectivity index (χ4n) is 2.97. The number of esters is 2. The number of benzene rings is 2. The van der Waals surface area contributed by atoms with E-state index in [2.05, 4.69) is 20.7 Å². The van der Waals surface area contributed by atoms with Gasteiger partial charge in [-0.05, 0) is 48.2 Å². The molecule has 3 rings (SSSR count). The molecule has 2 aromatic carbocycles. The van der Waals surface area contributed by atoms with Crippen LogP contribution in [0.3, 0.4) is 0 Å². The third-order valence-electron chi connectivity index (χ3n) is 4.63. The van der Waals surface area contributed by atoms with E-state index in [4.69, 9.17) is 4.74 Å². The topological polar surface area (TPSA) is 72.9 Å². The molecule has 1 aliphatic rings. The summed E-state index contributed by atoms with van der Waals surface area (Å²) in [5, 5.41) is 0. The Hall–Kier alpha value is -2.67. The number of carbonyl (C=O) groups excluding carboxylic acids is 3. The summed E-state index contributed by atoms with van der Waals surface area (Å²) in [7, 11) is 2.77. The molecular weight excluding hydrogens is 426 g/mol. The predicted molar refractivity (Wildman–Crippen MR) is 106 cm³/mol. The summed E-state index contributed by atoms with van der Waals surface area (Å²) in [5.74, 6) is -0.878. The maximum absolute atomic E-state index is 12.4. The number of methoxy groups -OCH3 is 1. The van der Waals surface area contributed by atoms with Gasteiger partial charge in [0.2, 0.25) is 0 Å². The number of hydrogen-bond acceptors (Lipinski definition) is 5. The van der Waals surface area contributed by atoms with Gasteiger partial charge in [0.15, 0.2) is 0 Å². The van der Waals surface area contributed by atoms with Crippen molar-refractivity contribution in [2.45, 2.75) is 12.3 Å². The summed E-state index contributed by atoms with van der Waals surface area (Å²) in [6, 6.07) is 14.3. The lowest BCUT2D eigenvalue weighted by Gasteiger charge is -2.16. The molecule has 0 heterocycles. The fourth-order valence-corrected chi connectivity index (χ4v) is 3.23. The van der Waals surface area contributed by atoms with Gasteiger partial charge < -0.3 is 14.4 Å². The second-order valence-corrected chi connectivity index (χ2v) is 7.60. The number of amides is 1. The molecule has 146 valence electrons. The first-order valence-corrected chi connectivity index (χ1v) is 9.58. The second-order valence-electron chi connectivity index (χ2n) is 6.69. The molecule has 0 radical (unpaired) electrons. The lowest BCUT2D eigenvalue weighted by atomic mass is 10.1. The third-order valence-corrected chi connectivity index (χ3v) is 5.16. The minimum absolute atomic E-state index is 0.156. The largest absolute Gasteiger partial charge is 0.468 e. The van der Waals surface area contributed by atoms with Crippen LogP contribution in [0.4, 0.5) is 0 Å². The van der Waals surface area contributed by atoms with Crippen LogP contribution in [0, 0.1) is 5.92 Å². The van der Waals surface area contributed by atoms with Gasteiger partial charge in [-0.1, -0.05) is 34.1 Å². The van der Waals surface area contributed by atoms with Crippen molar-refractivity contribution in [1.29, 1.82) is 0 Å². The van der Waals surface area contributed by atoms with E-state index in [-0.39, 0.29) is 30.3 Å². The zero-order valence-electron chi connectivity index (χ0n) is 15.6. The van der Waals surface area contributed by atoms with Crippen molar-refractivity contribution in [2.24, 2.45) is 5.92 Å². The van der Waals surface area contributed by atoms with Crippen LogP contribution in [0.1, 0.15) is 28.3 Å². The summed E-state index contributed by atoms with van der Waals surface area (Å²) in [6.45, 7) is -0.156. The molecule has 0 spiro atoms. The van der Waals surface area contributed by atoms with Gasteiger partial charge in [-0.2, -0.15) is 0 Å². The van der Waals surface area contributed by atoms with Crippen LogP contribution in [0.5, 0.6) is 5.75 Å². The van der Waals surface area contributed by atoms with Gasteiger partial charge in [-0.25, -0.2) is 0 Å². The molecule has 0 bridgehead atoms. The minimum Gasteiger partial charge on any atom is -0.468 e. The maximum atomic E-state index is 12.4. The molecule has 1 aliphatic carbocycles. The van der Waals surface area contributed by atoms with E-state index < -0.39 is 5.97 Å². The number of ether oxygens (including phenoxy) is 2. The quantitative estimate of drug-likeness (QED) is 0.503. The van der Waals surface area contributed by atoms with E-state index in [1.54, 1.807) is 18.2 Å². The molecule has 1 saturated carbocycles. The highest BCUT2D eigenvalue weighted by Crippen LogP contribution is 2.48. The lowest BCUT2D eigenvalue weighted by Crippen LogP contribution is -2.32. The van der Waals surface area contributed by atoms with E-state index in [9.17, 15) is 14.4 Å². The molecule has 7 heteroatoms. The van der Waals surface area contributed by atoms with Crippen molar-refractivity contribution in [2.75, 3.05) is 20.7 Å². The van der Waals surface area contributed by atoms with E-state index in [0.29, 0.717) is 11.3 Å². The summed E-state index contributed by atoms with van der Waals surface area (Å²) >= 11 is 3.40. The van der Waals surface area contributed by atoms with E-state index in [1.807, 2.05) is 24.3 Å². The van der Waals surface area contributed by atoms with Gasteiger partial charge >= 0.3 is 11.9 Å². The van der Waals surface area contributed by atoms with Crippen molar-refractivity contribution in [1.82, 2.24) is 4.90 Å². The lowest BCUT2D eigenvalue weighted by molar-refractivity contribution is -0.141. The molecule has 2 atom stereocenters. The average Bonchev–Trinajstić information content (AvgIpc) is 3.49. The zero-order valence-corrected chi connectivity index (χ0v) is 17.1. The number of hydrogen-bond donors (Lipinski definition) is 0. The van der Waals surface area contributed by atoms with Crippen molar-refractivity contribution in [3.63, 3.8) is 0 Å². The van der Waals surface area contributed by atoms with Crippen LogP contribution >= 0.6 is 15.9 Å². The molecule has 6 nitrogen and oxygen atoms in total. The molecule has 1 amide bonds. The van der Waals surface area contributed by atoms with Gasteiger partial charge in [-0.15, -0.1) is 0 Å². The molecule has 28 heavy (non-hydrogen) atoms. The summed E-state index contributed by atoms with van der Waals surface area (Å²) < 4.78 is 11.0. The van der Waals surface area contributed by atoms with Crippen LogP contribution in [0.15, 0.2) is 53.0 Å². The Morgan fingerprint density at radius 2 is 1.86 bits per heavy atom. The van der Waals surface area contributed by atoms with Crippen LogP contribution in [-0.4, -0.2) is 43.4 Å². The van der Waals surface area contributed by atoms with E-state index >= 15 is 0 Å².